The molecule has 0 saturated carbocycles. The van der Waals surface area contributed by atoms with E-state index in [0.717, 1.165) is 12.1 Å². The molecule has 0 aliphatic heterocycles. The van der Waals surface area contributed by atoms with Gasteiger partial charge in [0.1, 0.15) is 5.84 Å². The van der Waals surface area contributed by atoms with Crippen LogP contribution in [-0.4, -0.2) is 22.9 Å². The molecule has 0 amide bonds. The molecule has 3 N–H and O–H groups in total. The molecular formula is C10H16N4O. The van der Waals surface area contributed by atoms with Crippen LogP contribution in [-0.2, 0) is 6.42 Å². The number of nitrogen functional groups attached to an aromatic ring is 1. The second kappa shape index (κ2) is 4.72. The number of hydrogen-bond donors (Lipinski definition) is 2. The van der Waals surface area contributed by atoms with Gasteiger partial charge in [-0.25, -0.2) is 4.98 Å². The normalized spacial score (nSPS) is 10.4. The average molecular weight is 208 g/mol. The summed E-state index contributed by atoms with van der Waals surface area (Å²) >= 11 is 0. The molecule has 15 heavy (non-hydrogen) atoms. The number of nitrogens with one attached hydrogen (secondary N) is 1. The van der Waals surface area contributed by atoms with Crippen molar-refractivity contribution in [3.8, 4) is 6.01 Å². The lowest BCUT2D eigenvalue weighted by atomic mass is 10.0. The Morgan fingerprint density at radius 1 is 1.60 bits per heavy atom. The summed E-state index contributed by atoms with van der Waals surface area (Å²) < 4.78 is 4.94. The van der Waals surface area contributed by atoms with E-state index >= 15 is 0 Å². The molecule has 0 aliphatic carbocycles. The summed E-state index contributed by atoms with van der Waals surface area (Å²) in [6.07, 6.45) is 2.29. The highest BCUT2D eigenvalue weighted by atomic mass is 16.5. The number of nitrogens with two attached hydrogens (primary N) is 1. The highest BCUT2D eigenvalue weighted by Gasteiger charge is 2.11. The third-order valence-corrected chi connectivity index (χ3v) is 1.92. The number of methoxy groups -OCH3 is 1. The number of nitrogens with zero attached hydrogens (tertiary/aromatic N) is 2. The van der Waals surface area contributed by atoms with Gasteiger partial charge in [0.15, 0.2) is 0 Å². The summed E-state index contributed by atoms with van der Waals surface area (Å²) in [7, 11) is 1.52. The van der Waals surface area contributed by atoms with E-state index in [1.54, 1.807) is 0 Å². The summed E-state index contributed by atoms with van der Waals surface area (Å²) in [5.74, 6) is 0.441. The van der Waals surface area contributed by atoms with E-state index in [2.05, 4.69) is 23.8 Å². The molecule has 5 heteroatoms. The van der Waals surface area contributed by atoms with E-state index < -0.39 is 0 Å². The maximum Gasteiger partial charge on any atom is 0.316 e. The van der Waals surface area contributed by atoms with E-state index in [9.17, 15) is 0 Å². The molecule has 1 heterocycles. The zero-order chi connectivity index (χ0) is 11.4. The van der Waals surface area contributed by atoms with Gasteiger partial charge in [-0.15, -0.1) is 0 Å². The van der Waals surface area contributed by atoms with Crippen molar-refractivity contribution >= 4 is 5.84 Å². The monoisotopic (exact) mass is 208 g/mol. The third kappa shape index (κ3) is 2.90. The number of rotatable bonds is 4. The minimum absolute atomic E-state index is 0.00620. The second-order valence-electron chi connectivity index (χ2n) is 3.73. The Kier molecular flexibility index (Phi) is 3.60. The Morgan fingerprint density at radius 3 is 2.73 bits per heavy atom. The minimum Gasteiger partial charge on any atom is -0.467 e. The summed E-state index contributed by atoms with van der Waals surface area (Å²) in [5.41, 5.74) is 6.80. The van der Waals surface area contributed by atoms with Crippen molar-refractivity contribution in [2.45, 2.75) is 20.3 Å². The van der Waals surface area contributed by atoms with Crippen molar-refractivity contribution in [3.05, 3.63) is 17.5 Å². The molecule has 0 aromatic carbocycles. The fourth-order valence-corrected chi connectivity index (χ4v) is 1.26. The lowest BCUT2D eigenvalue weighted by molar-refractivity contribution is 0.377. The van der Waals surface area contributed by atoms with E-state index in [4.69, 9.17) is 15.9 Å². The number of aromatic nitrogens is 2. The quantitative estimate of drug-likeness (QED) is 0.570. The van der Waals surface area contributed by atoms with Gasteiger partial charge in [0, 0.05) is 6.20 Å². The molecule has 0 aliphatic rings. The van der Waals surface area contributed by atoms with Crippen LogP contribution in [0.2, 0.25) is 0 Å². The SMILES string of the molecule is COc1ncc(C(=N)N)c(CC(C)C)n1. The first-order chi connectivity index (χ1) is 7.04. The van der Waals surface area contributed by atoms with Crippen molar-refractivity contribution in [2.75, 3.05) is 7.11 Å². The molecule has 1 aromatic heterocycles. The second-order valence-corrected chi connectivity index (χ2v) is 3.73. The molecule has 0 unspecified atom stereocenters. The summed E-state index contributed by atoms with van der Waals surface area (Å²) in [5, 5.41) is 7.41. The topological polar surface area (TPSA) is 84.9 Å². The van der Waals surface area contributed by atoms with Crippen molar-refractivity contribution in [2.24, 2.45) is 11.7 Å². The van der Waals surface area contributed by atoms with Gasteiger partial charge in [0.05, 0.1) is 18.4 Å². The predicted molar refractivity (Wildman–Crippen MR) is 58.1 cm³/mol. The fourth-order valence-electron chi connectivity index (χ4n) is 1.26. The molecule has 82 valence electrons. The van der Waals surface area contributed by atoms with Crippen LogP contribution >= 0.6 is 0 Å². The molecule has 0 bridgehead atoms. The van der Waals surface area contributed by atoms with Crippen LogP contribution in [0.25, 0.3) is 0 Å². The molecule has 1 rings (SSSR count). The van der Waals surface area contributed by atoms with Crippen molar-refractivity contribution < 1.29 is 4.74 Å². The summed E-state index contributed by atoms with van der Waals surface area (Å²) in [6.45, 7) is 4.16. The lowest BCUT2D eigenvalue weighted by Gasteiger charge is -2.09. The Bertz CT molecular complexity index is 362. The van der Waals surface area contributed by atoms with E-state index in [0.29, 0.717) is 17.5 Å². The van der Waals surface area contributed by atoms with Gasteiger partial charge < -0.3 is 10.5 Å². The highest BCUT2D eigenvalue weighted by Crippen LogP contribution is 2.13. The largest absolute Gasteiger partial charge is 0.467 e. The molecule has 0 fully saturated rings. The fraction of sp³-hybridized carbons (Fsp3) is 0.500. The number of amidine groups is 1. The lowest BCUT2D eigenvalue weighted by Crippen LogP contribution is -2.17. The first-order valence-corrected chi connectivity index (χ1v) is 4.79. The Balaban J connectivity index is 3.10. The zero-order valence-electron chi connectivity index (χ0n) is 9.24. The summed E-state index contributed by atoms with van der Waals surface area (Å²) in [6, 6.07) is 0.315. The Morgan fingerprint density at radius 2 is 2.27 bits per heavy atom. The van der Waals surface area contributed by atoms with Crippen LogP contribution < -0.4 is 10.5 Å². The molecule has 5 nitrogen and oxygen atoms in total. The van der Waals surface area contributed by atoms with E-state index in [1.807, 2.05) is 0 Å². The van der Waals surface area contributed by atoms with Crippen LogP contribution in [0.4, 0.5) is 0 Å². The van der Waals surface area contributed by atoms with Gasteiger partial charge in [-0.3, -0.25) is 5.41 Å². The zero-order valence-corrected chi connectivity index (χ0v) is 9.24. The van der Waals surface area contributed by atoms with Gasteiger partial charge in [-0.1, -0.05) is 13.8 Å². The molecule has 0 radical (unpaired) electrons. The first-order valence-electron chi connectivity index (χ1n) is 4.79. The van der Waals surface area contributed by atoms with Crippen LogP contribution in [0.5, 0.6) is 6.01 Å². The molecule has 0 atom stereocenters. The minimum atomic E-state index is -0.00620. The molecule has 0 spiro atoms. The van der Waals surface area contributed by atoms with Crippen molar-refractivity contribution in [1.82, 2.24) is 9.97 Å². The van der Waals surface area contributed by atoms with Crippen LogP contribution in [0.1, 0.15) is 25.1 Å². The van der Waals surface area contributed by atoms with Crippen LogP contribution in [0.15, 0.2) is 6.20 Å². The molecule has 0 saturated heterocycles. The Labute approximate surface area is 89.2 Å². The molecule has 1 aromatic rings. The Hall–Kier alpha value is -1.65. The predicted octanol–water partition coefficient (Wildman–Crippen LogP) is 0.968. The van der Waals surface area contributed by atoms with Crippen molar-refractivity contribution in [1.29, 1.82) is 5.41 Å². The van der Waals surface area contributed by atoms with E-state index in [1.165, 1.54) is 13.3 Å². The first kappa shape index (κ1) is 11.4. The van der Waals surface area contributed by atoms with Gasteiger partial charge in [-0.2, -0.15) is 4.98 Å². The smallest absolute Gasteiger partial charge is 0.316 e. The average Bonchev–Trinajstić information content (AvgIpc) is 2.16. The number of hydrogen-bond acceptors (Lipinski definition) is 4. The molecular weight excluding hydrogens is 192 g/mol. The maximum absolute atomic E-state index is 7.41. The highest BCUT2D eigenvalue weighted by molar-refractivity contribution is 5.95. The van der Waals surface area contributed by atoms with Crippen molar-refractivity contribution in [3.63, 3.8) is 0 Å². The van der Waals surface area contributed by atoms with Crippen LogP contribution in [0, 0.1) is 11.3 Å². The van der Waals surface area contributed by atoms with E-state index in [-0.39, 0.29) is 5.84 Å². The number of ether oxygens (including phenoxy) is 1. The van der Waals surface area contributed by atoms with Gasteiger partial charge in [0.25, 0.3) is 0 Å². The summed E-state index contributed by atoms with van der Waals surface area (Å²) in [4.78, 5) is 8.13. The van der Waals surface area contributed by atoms with Gasteiger partial charge >= 0.3 is 6.01 Å². The third-order valence-electron chi connectivity index (χ3n) is 1.92. The standard InChI is InChI=1S/C10H16N4O/c1-6(2)4-8-7(9(11)12)5-13-10(14-8)15-3/h5-6H,4H2,1-3H3,(H3,11,12). The maximum atomic E-state index is 7.41. The van der Waals surface area contributed by atoms with Gasteiger partial charge in [-0.05, 0) is 12.3 Å². The van der Waals surface area contributed by atoms with Crippen LogP contribution in [0.3, 0.4) is 0 Å². The van der Waals surface area contributed by atoms with Gasteiger partial charge in [0.2, 0.25) is 0 Å².